The Balaban J connectivity index is 2.32. The molecule has 18 heavy (non-hydrogen) atoms. The summed E-state index contributed by atoms with van der Waals surface area (Å²) in [4.78, 5) is 11.5. The molecular formula is C10H15NO7. The van der Waals surface area contributed by atoms with Crippen LogP contribution in [0.25, 0.3) is 0 Å². The first kappa shape index (κ1) is 13.2. The Labute approximate surface area is 102 Å². The van der Waals surface area contributed by atoms with Gasteiger partial charge in [0.05, 0.1) is 6.61 Å². The van der Waals surface area contributed by atoms with Gasteiger partial charge in [-0.1, -0.05) is 0 Å². The molecule has 102 valence electrons. The minimum atomic E-state index is -1.54. The summed E-state index contributed by atoms with van der Waals surface area (Å²) >= 11 is 0. The quantitative estimate of drug-likeness (QED) is 0.472. The summed E-state index contributed by atoms with van der Waals surface area (Å²) < 4.78 is 11.0. The molecule has 8 nitrogen and oxygen atoms in total. The van der Waals surface area contributed by atoms with Crippen LogP contribution in [0, 0.1) is 6.92 Å². The number of hydrogen-bond acceptors (Lipinski definition) is 7. The minimum Gasteiger partial charge on any atom is -0.394 e. The highest BCUT2D eigenvalue weighted by Crippen LogP contribution is 2.27. The Bertz CT molecular complexity index is 465. The lowest BCUT2D eigenvalue weighted by molar-refractivity contribution is -0.264. The van der Waals surface area contributed by atoms with Gasteiger partial charge in [0.25, 0.3) is 5.56 Å². The molecule has 0 aliphatic carbocycles. The molecule has 0 bridgehead atoms. The molecule has 1 aromatic rings. The van der Waals surface area contributed by atoms with Gasteiger partial charge in [0.15, 0.2) is 6.23 Å². The molecule has 1 aromatic heterocycles. The van der Waals surface area contributed by atoms with Gasteiger partial charge in [0, 0.05) is 6.07 Å². The Morgan fingerprint density at radius 3 is 2.44 bits per heavy atom. The zero-order valence-electron chi connectivity index (χ0n) is 9.63. The number of aryl methyl sites for hydroxylation is 1. The van der Waals surface area contributed by atoms with E-state index in [1.807, 2.05) is 0 Å². The van der Waals surface area contributed by atoms with Gasteiger partial charge in [-0.05, 0) is 6.92 Å². The van der Waals surface area contributed by atoms with Gasteiger partial charge in [0.1, 0.15) is 30.2 Å². The van der Waals surface area contributed by atoms with Crippen molar-refractivity contribution in [1.82, 2.24) is 4.74 Å². The molecule has 0 aromatic carbocycles. The second-order valence-electron chi connectivity index (χ2n) is 4.23. The largest absolute Gasteiger partial charge is 0.394 e. The third-order valence-corrected chi connectivity index (χ3v) is 2.88. The van der Waals surface area contributed by atoms with Gasteiger partial charge >= 0.3 is 0 Å². The molecule has 0 saturated carbocycles. The van der Waals surface area contributed by atoms with Crippen molar-refractivity contribution >= 4 is 0 Å². The summed E-state index contributed by atoms with van der Waals surface area (Å²) in [5.74, 6) is 0.317. The van der Waals surface area contributed by atoms with Gasteiger partial charge < -0.3 is 29.7 Å². The Hall–Kier alpha value is -1.19. The molecule has 1 aliphatic rings. The van der Waals surface area contributed by atoms with Crippen molar-refractivity contribution < 1.29 is 29.7 Å². The van der Waals surface area contributed by atoms with Crippen molar-refractivity contribution in [2.75, 3.05) is 6.61 Å². The molecule has 5 atom stereocenters. The fourth-order valence-corrected chi connectivity index (χ4v) is 1.92. The lowest BCUT2D eigenvalue weighted by Gasteiger charge is -2.39. The summed E-state index contributed by atoms with van der Waals surface area (Å²) in [6.45, 7) is 0.984. The molecule has 2 rings (SSSR count). The highest BCUT2D eigenvalue weighted by atomic mass is 16.6. The first-order valence-electron chi connectivity index (χ1n) is 5.45. The van der Waals surface area contributed by atoms with Crippen molar-refractivity contribution in [2.45, 2.75) is 37.6 Å². The molecule has 1 aliphatic heterocycles. The Morgan fingerprint density at radius 2 is 1.94 bits per heavy atom. The van der Waals surface area contributed by atoms with Crippen LogP contribution in [0.3, 0.4) is 0 Å². The number of rotatable bonds is 2. The fraction of sp³-hybridized carbons (Fsp3) is 0.700. The number of aliphatic hydroxyl groups is 4. The standard InChI is InChI=1S/C10H15NO7/c1-4-2-6(13)11(18-4)10-9(16)8(15)7(14)5(3-12)17-10/h2,5,7-10,12,14-16H,3H2,1H3/t5-,7-,8+,9-,10+/m1/s1. The van der Waals surface area contributed by atoms with E-state index in [9.17, 15) is 20.1 Å². The Morgan fingerprint density at radius 1 is 1.28 bits per heavy atom. The maximum absolute atomic E-state index is 11.5. The van der Waals surface area contributed by atoms with E-state index in [1.54, 1.807) is 6.92 Å². The van der Waals surface area contributed by atoms with Crippen LogP contribution in [0.1, 0.15) is 12.0 Å². The predicted octanol–water partition coefficient (Wildman–Crippen LogP) is -2.28. The van der Waals surface area contributed by atoms with Gasteiger partial charge in [-0.3, -0.25) is 4.79 Å². The van der Waals surface area contributed by atoms with E-state index in [1.165, 1.54) is 6.07 Å². The number of aliphatic hydroxyl groups excluding tert-OH is 4. The molecule has 0 radical (unpaired) electrons. The SMILES string of the molecule is Cc1cc(=O)n([C@H]2O[C@H](CO)[C@@H](O)[C@H](O)[C@H]2O)o1. The van der Waals surface area contributed by atoms with E-state index in [-0.39, 0.29) is 0 Å². The van der Waals surface area contributed by atoms with E-state index < -0.39 is 42.8 Å². The lowest BCUT2D eigenvalue weighted by Crippen LogP contribution is -2.57. The second-order valence-corrected chi connectivity index (χ2v) is 4.23. The van der Waals surface area contributed by atoms with Gasteiger partial charge in [-0.2, -0.15) is 0 Å². The minimum absolute atomic E-state index is 0.317. The summed E-state index contributed by atoms with van der Waals surface area (Å²) in [5, 5.41) is 37.9. The maximum Gasteiger partial charge on any atom is 0.285 e. The Kier molecular flexibility index (Phi) is 3.55. The highest BCUT2D eigenvalue weighted by molar-refractivity contribution is 4.95. The van der Waals surface area contributed by atoms with Crippen molar-refractivity contribution in [3.63, 3.8) is 0 Å². The van der Waals surface area contributed by atoms with E-state index in [2.05, 4.69) is 0 Å². The predicted molar refractivity (Wildman–Crippen MR) is 56.7 cm³/mol. The van der Waals surface area contributed by atoms with Crippen LogP contribution in [0.5, 0.6) is 0 Å². The number of aromatic nitrogens is 1. The van der Waals surface area contributed by atoms with Crippen molar-refractivity contribution in [2.24, 2.45) is 0 Å². The summed E-state index contributed by atoms with van der Waals surface area (Å²) in [5.41, 5.74) is -0.545. The fourth-order valence-electron chi connectivity index (χ4n) is 1.92. The number of nitrogens with zero attached hydrogens (tertiary/aromatic N) is 1. The third-order valence-electron chi connectivity index (χ3n) is 2.88. The molecule has 8 heteroatoms. The summed E-state index contributed by atoms with van der Waals surface area (Å²) in [7, 11) is 0. The smallest absolute Gasteiger partial charge is 0.285 e. The average Bonchev–Trinajstić information content (AvgIpc) is 2.66. The highest BCUT2D eigenvalue weighted by Gasteiger charge is 2.45. The lowest BCUT2D eigenvalue weighted by atomic mass is 9.98. The first-order valence-corrected chi connectivity index (χ1v) is 5.45. The van der Waals surface area contributed by atoms with Crippen LogP contribution >= 0.6 is 0 Å². The molecule has 1 fully saturated rings. The van der Waals surface area contributed by atoms with Crippen LogP contribution in [0.4, 0.5) is 0 Å². The second kappa shape index (κ2) is 4.82. The van der Waals surface area contributed by atoms with Crippen LogP contribution in [0.2, 0.25) is 0 Å². The zero-order valence-corrected chi connectivity index (χ0v) is 9.63. The van der Waals surface area contributed by atoms with E-state index in [0.29, 0.717) is 5.76 Å². The maximum atomic E-state index is 11.5. The molecule has 0 unspecified atom stereocenters. The van der Waals surface area contributed by atoms with Gasteiger partial charge in [-0.25, -0.2) is 0 Å². The van der Waals surface area contributed by atoms with Crippen LogP contribution in [-0.4, -0.2) is 56.2 Å². The van der Waals surface area contributed by atoms with Crippen LogP contribution in [-0.2, 0) is 4.74 Å². The van der Waals surface area contributed by atoms with Crippen LogP contribution < -0.4 is 5.56 Å². The molecule has 2 heterocycles. The first-order chi connectivity index (χ1) is 8.45. The van der Waals surface area contributed by atoms with Gasteiger partial charge in [-0.15, -0.1) is 4.74 Å². The summed E-state index contributed by atoms with van der Waals surface area (Å²) in [6.07, 6.45) is -6.91. The molecule has 1 saturated heterocycles. The van der Waals surface area contributed by atoms with Gasteiger partial charge in [0.2, 0.25) is 0 Å². The third kappa shape index (κ3) is 2.08. The molecule has 0 amide bonds. The average molecular weight is 261 g/mol. The van der Waals surface area contributed by atoms with Crippen molar-refractivity contribution in [3.05, 3.63) is 22.2 Å². The van der Waals surface area contributed by atoms with Crippen molar-refractivity contribution in [1.29, 1.82) is 0 Å². The topological polar surface area (TPSA) is 125 Å². The van der Waals surface area contributed by atoms with Crippen LogP contribution in [0.15, 0.2) is 15.4 Å². The monoisotopic (exact) mass is 261 g/mol. The normalized spacial score (nSPS) is 36.8. The van der Waals surface area contributed by atoms with E-state index in [4.69, 9.17) is 14.4 Å². The van der Waals surface area contributed by atoms with Crippen molar-refractivity contribution in [3.8, 4) is 0 Å². The zero-order chi connectivity index (χ0) is 13.4. The van der Waals surface area contributed by atoms with E-state index in [0.717, 1.165) is 4.74 Å². The number of ether oxygens (including phenoxy) is 1. The molecule has 4 N–H and O–H groups in total. The summed E-state index contributed by atoms with van der Waals surface area (Å²) in [6, 6.07) is 1.20. The number of hydrogen-bond donors (Lipinski definition) is 4. The molecular weight excluding hydrogens is 246 g/mol. The van der Waals surface area contributed by atoms with E-state index >= 15 is 0 Å². The molecule has 0 spiro atoms.